The average Bonchev–Trinajstić information content (AvgIpc) is 2.60. The van der Waals surface area contributed by atoms with E-state index in [9.17, 15) is 9.90 Å². The number of hydrogen-bond donors (Lipinski definition) is 1. The topological polar surface area (TPSA) is 46.5 Å². The third-order valence-electron chi connectivity index (χ3n) is 5.30. The van der Waals surface area contributed by atoms with Gasteiger partial charge in [-0.05, 0) is 26.2 Å². The van der Waals surface area contributed by atoms with Crippen LogP contribution in [0.4, 0.5) is 0 Å². The highest BCUT2D eigenvalue weighted by Gasteiger charge is 2.57. The largest absolute Gasteiger partial charge is 0.458 e. The van der Waals surface area contributed by atoms with Crippen LogP contribution in [-0.2, 0) is 9.53 Å². The minimum Gasteiger partial charge on any atom is -0.458 e. The lowest BCUT2D eigenvalue weighted by molar-refractivity contribution is -0.149. The number of aliphatic hydroxyl groups excluding tert-OH is 1. The molecule has 18 heavy (non-hydrogen) atoms. The van der Waals surface area contributed by atoms with Crippen LogP contribution >= 0.6 is 0 Å². The number of esters is 1. The number of rotatable bonds is 0. The van der Waals surface area contributed by atoms with Gasteiger partial charge in [0.25, 0.3) is 0 Å². The third-order valence-corrected chi connectivity index (χ3v) is 5.30. The van der Waals surface area contributed by atoms with Gasteiger partial charge in [-0.25, -0.2) is 4.79 Å². The van der Waals surface area contributed by atoms with Crippen molar-refractivity contribution in [2.75, 3.05) is 0 Å². The Morgan fingerprint density at radius 2 is 2.28 bits per heavy atom. The molecule has 3 nitrogen and oxygen atoms in total. The van der Waals surface area contributed by atoms with E-state index in [1.165, 1.54) is 5.57 Å². The second kappa shape index (κ2) is 3.70. The fourth-order valence-electron chi connectivity index (χ4n) is 4.11. The predicted octanol–water partition coefficient (Wildman–Crippen LogP) is 2.21. The Labute approximate surface area is 108 Å². The van der Waals surface area contributed by atoms with Crippen molar-refractivity contribution in [1.82, 2.24) is 0 Å². The highest BCUT2D eigenvalue weighted by atomic mass is 16.6. The molecule has 2 fully saturated rings. The van der Waals surface area contributed by atoms with Gasteiger partial charge in [0.2, 0.25) is 0 Å². The Hall–Kier alpha value is -1.09. The van der Waals surface area contributed by atoms with Crippen LogP contribution in [0.2, 0.25) is 0 Å². The quantitative estimate of drug-likeness (QED) is 0.406. The monoisotopic (exact) mass is 248 g/mol. The molecular weight excluding hydrogens is 228 g/mol. The van der Waals surface area contributed by atoms with E-state index in [1.54, 1.807) is 0 Å². The van der Waals surface area contributed by atoms with Crippen LogP contribution < -0.4 is 0 Å². The molecule has 1 heterocycles. The van der Waals surface area contributed by atoms with Crippen molar-refractivity contribution in [3.8, 4) is 0 Å². The molecule has 0 unspecified atom stereocenters. The lowest BCUT2D eigenvalue weighted by Gasteiger charge is -2.51. The van der Waals surface area contributed by atoms with Gasteiger partial charge in [-0.15, -0.1) is 0 Å². The van der Waals surface area contributed by atoms with Crippen molar-refractivity contribution in [2.45, 2.75) is 45.3 Å². The number of fused-ring (bicyclic) bond motifs is 3. The normalized spacial score (nSPS) is 47.2. The van der Waals surface area contributed by atoms with Gasteiger partial charge in [0.05, 0.1) is 6.10 Å². The first-order valence-electron chi connectivity index (χ1n) is 6.69. The summed E-state index contributed by atoms with van der Waals surface area (Å²) < 4.78 is 5.54. The molecule has 5 atom stereocenters. The molecule has 0 radical (unpaired) electrons. The van der Waals surface area contributed by atoms with Crippen LogP contribution in [0.5, 0.6) is 0 Å². The maximum Gasteiger partial charge on any atom is 0.334 e. The highest BCUT2D eigenvalue weighted by molar-refractivity contribution is 5.91. The first-order valence-corrected chi connectivity index (χ1v) is 6.69. The van der Waals surface area contributed by atoms with Gasteiger partial charge < -0.3 is 9.84 Å². The fraction of sp³-hybridized carbons (Fsp3) is 0.667. The minimum absolute atomic E-state index is 0.116. The van der Waals surface area contributed by atoms with Gasteiger partial charge in [-0.1, -0.05) is 25.2 Å². The molecule has 3 heteroatoms. The van der Waals surface area contributed by atoms with Crippen molar-refractivity contribution in [3.63, 3.8) is 0 Å². The van der Waals surface area contributed by atoms with E-state index in [0.29, 0.717) is 12.0 Å². The summed E-state index contributed by atoms with van der Waals surface area (Å²) >= 11 is 0. The zero-order valence-electron chi connectivity index (χ0n) is 11.0. The summed E-state index contributed by atoms with van der Waals surface area (Å²) in [7, 11) is 0. The fourth-order valence-corrected chi connectivity index (χ4v) is 4.11. The molecule has 0 aromatic rings. The van der Waals surface area contributed by atoms with Gasteiger partial charge in [0.15, 0.2) is 0 Å². The third kappa shape index (κ3) is 1.37. The molecule has 3 rings (SSSR count). The van der Waals surface area contributed by atoms with E-state index in [2.05, 4.69) is 26.5 Å². The molecule has 1 aliphatic heterocycles. The van der Waals surface area contributed by atoms with Crippen molar-refractivity contribution in [2.24, 2.45) is 17.3 Å². The maximum absolute atomic E-state index is 11.7. The standard InChI is InChI=1S/C15H20O3/c1-8-4-5-11(16)15(3)7-6-10-9(2)14(17)18-13(10)12(8)15/h4,10-13,16H,2,5-7H2,1,3H3/t10-,11+,12+,13-,15-/m1/s1. The molecule has 1 saturated carbocycles. The summed E-state index contributed by atoms with van der Waals surface area (Å²) in [5.41, 5.74) is 1.71. The van der Waals surface area contributed by atoms with Crippen LogP contribution in [-0.4, -0.2) is 23.3 Å². The van der Waals surface area contributed by atoms with Gasteiger partial charge in [-0.2, -0.15) is 0 Å². The Kier molecular flexibility index (Phi) is 2.46. The molecule has 3 aliphatic rings. The molecule has 0 aromatic heterocycles. The smallest absolute Gasteiger partial charge is 0.334 e. The maximum atomic E-state index is 11.7. The molecule has 98 valence electrons. The molecule has 0 bridgehead atoms. The average molecular weight is 248 g/mol. The summed E-state index contributed by atoms with van der Waals surface area (Å²) in [6.07, 6.45) is 4.18. The zero-order chi connectivity index (χ0) is 13.1. The SMILES string of the molecule is C=C1C(=O)O[C@@H]2[C@@H]1CC[C@]1(C)[C@@H](O)CC=C(C)[C@@H]21. The lowest BCUT2D eigenvalue weighted by Crippen LogP contribution is -2.52. The second-order valence-corrected chi connectivity index (χ2v) is 6.22. The van der Waals surface area contributed by atoms with E-state index in [1.807, 2.05) is 0 Å². The summed E-state index contributed by atoms with van der Waals surface area (Å²) in [5.74, 6) is 0.0366. The highest BCUT2D eigenvalue weighted by Crippen LogP contribution is 2.56. The summed E-state index contributed by atoms with van der Waals surface area (Å²) in [4.78, 5) is 11.7. The number of carbonyl (C=O) groups is 1. The van der Waals surface area contributed by atoms with Gasteiger partial charge >= 0.3 is 5.97 Å². The first kappa shape index (κ1) is 12.0. The Morgan fingerprint density at radius 1 is 1.56 bits per heavy atom. The van der Waals surface area contributed by atoms with Gasteiger partial charge in [-0.3, -0.25) is 0 Å². The molecule has 0 aromatic carbocycles. The molecule has 0 amide bonds. The van der Waals surface area contributed by atoms with Gasteiger partial charge in [0.1, 0.15) is 6.10 Å². The van der Waals surface area contributed by atoms with Crippen molar-refractivity contribution in [1.29, 1.82) is 0 Å². The Bertz CT molecular complexity index is 451. The van der Waals surface area contributed by atoms with E-state index >= 15 is 0 Å². The van der Waals surface area contributed by atoms with Crippen LogP contribution in [0.3, 0.4) is 0 Å². The Balaban J connectivity index is 2.03. The van der Waals surface area contributed by atoms with E-state index in [4.69, 9.17) is 4.74 Å². The number of ether oxygens (including phenoxy) is 1. The van der Waals surface area contributed by atoms with Crippen molar-refractivity contribution in [3.05, 3.63) is 23.8 Å². The molecule has 0 spiro atoms. The van der Waals surface area contributed by atoms with E-state index < -0.39 is 0 Å². The number of carbonyl (C=O) groups excluding carboxylic acids is 1. The number of hydrogen-bond acceptors (Lipinski definition) is 3. The van der Waals surface area contributed by atoms with Crippen LogP contribution in [0.25, 0.3) is 0 Å². The molecular formula is C15H20O3. The summed E-state index contributed by atoms with van der Waals surface area (Å²) in [6, 6.07) is 0. The van der Waals surface area contributed by atoms with Crippen LogP contribution in [0.15, 0.2) is 23.8 Å². The predicted molar refractivity (Wildman–Crippen MR) is 67.7 cm³/mol. The number of aliphatic hydroxyl groups is 1. The zero-order valence-corrected chi connectivity index (χ0v) is 11.0. The van der Waals surface area contributed by atoms with E-state index in [0.717, 1.165) is 12.8 Å². The van der Waals surface area contributed by atoms with Crippen LogP contribution in [0, 0.1) is 17.3 Å². The van der Waals surface area contributed by atoms with Gasteiger partial charge in [0, 0.05) is 22.8 Å². The Morgan fingerprint density at radius 3 is 3.00 bits per heavy atom. The summed E-state index contributed by atoms with van der Waals surface area (Å²) in [6.45, 7) is 8.09. The first-order chi connectivity index (χ1) is 8.45. The van der Waals surface area contributed by atoms with Crippen molar-refractivity contribution < 1.29 is 14.6 Å². The van der Waals surface area contributed by atoms with Crippen molar-refractivity contribution >= 4 is 5.97 Å². The second-order valence-electron chi connectivity index (χ2n) is 6.22. The van der Waals surface area contributed by atoms with E-state index in [-0.39, 0.29) is 35.4 Å². The van der Waals surface area contributed by atoms with Crippen LogP contribution in [0.1, 0.15) is 33.1 Å². The molecule has 1 N–H and O–H groups in total. The molecule has 1 saturated heterocycles. The molecule has 2 aliphatic carbocycles. The summed E-state index contributed by atoms with van der Waals surface area (Å²) in [5, 5.41) is 10.3. The lowest BCUT2D eigenvalue weighted by atomic mass is 9.55. The minimum atomic E-state index is -0.334.